The summed E-state index contributed by atoms with van der Waals surface area (Å²) in [5, 5.41) is 9.56. The van der Waals surface area contributed by atoms with E-state index in [4.69, 9.17) is 15.6 Å². The summed E-state index contributed by atoms with van der Waals surface area (Å²) in [7, 11) is 1.60. The molecule has 3 N–H and O–H groups in total. The molecule has 0 aliphatic rings. The Labute approximate surface area is 153 Å². The van der Waals surface area contributed by atoms with Gasteiger partial charge in [-0.05, 0) is 48.4 Å². The third-order valence-electron chi connectivity index (χ3n) is 3.87. The number of rotatable bonds is 7. The highest BCUT2D eigenvalue weighted by atomic mass is 32.1. The number of aliphatic carboxylic acids is 1. The van der Waals surface area contributed by atoms with Crippen molar-refractivity contribution in [2.24, 2.45) is 5.73 Å². The van der Waals surface area contributed by atoms with Gasteiger partial charge in [-0.15, -0.1) is 0 Å². The number of aromatic nitrogens is 2. The molecule has 0 spiro atoms. The molecule has 3 rings (SSSR count). The first-order valence-corrected chi connectivity index (χ1v) is 8.64. The molecule has 8 heteroatoms. The third-order valence-corrected chi connectivity index (χ3v) is 4.87. The lowest BCUT2D eigenvalue weighted by Crippen LogP contribution is -2.08. The van der Waals surface area contributed by atoms with Crippen molar-refractivity contribution in [1.82, 2.24) is 9.55 Å². The van der Waals surface area contributed by atoms with E-state index in [1.165, 1.54) is 17.5 Å². The van der Waals surface area contributed by atoms with E-state index in [1.54, 1.807) is 7.11 Å². The van der Waals surface area contributed by atoms with Crippen LogP contribution in [0.3, 0.4) is 0 Å². The van der Waals surface area contributed by atoms with Gasteiger partial charge in [0.1, 0.15) is 10.6 Å². The zero-order chi connectivity index (χ0) is 18.7. The number of hydrogen-bond acceptors (Lipinski definition) is 5. The van der Waals surface area contributed by atoms with Crippen LogP contribution < -0.4 is 10.5 Å². The Hall–Kier alpha value is -3.13. The van der Waals surface area contributed by atoms with Crippen LogP contribution in [0.15, 0.2) is 42.6 Å². The Bertz CT molecular complexity index is 944. The van der Waals surface area contributed by atoms with Crippen LogP contribution in [0.4, 0.5) is 0 Å². The second-order valence-corrected chi connectivity index (χ2v) is 6.55. The normalized spacial score (nSPS) is 10.7. The van der Waals surface area contributed by atoms with Crippen LogP contribution in [0.5, 0.6) is 5.75 Å². The minimum Gasteiger partial charge on any atom is -0.497 e. The Balaban J connectivity index is 2.08. The summed E-state index contributed by atoms with van der Waals surface area (Å²) in [5.41, 5.74) is 7.89. The van der Waals surface area contributed by atoms with Crippen molar-refractivity contribution in [3.63, 3.8) is 0 Å². The highest BCUT2D eigenvalue weighted by Gasteiger charge is 2.17. The smallest absolute Gasteiger partial charge is 0.303 e. The maximum atomic E-state index is 11.4. The van der Waals surface area contributed by atoms with Crippen molar-refractivity contribution in [3.8, 4) is 22.1 Å². The summed E-state index contributed by atoms with van der Waals surface area (Å²) >= 11 is 1.17. The summed E-state index contributed by atoms with van der Waals surface area (Å²) in [6.07, 6.45) is 1.78. The summed E-state index contributed by atoms with van der Waals surface area (Å²) in [6.45, 7) is 0. The first-order valence-electron chi connectivity index (χ1n) is 7.82. The number of thiazole rings is 1. The van der Waals surface area contributed by atoms with Crippen molar-refractivity contribution in [3.05, 3.63) is 53.2 Å². The fraction of sp³-hybridized carbons (Fsp3) is 0.167. The summed E-state index contributed by atoms with van der Waals surface area (Å²) in [6, 6.07) is 11.3. The molecule has 0 aliphatic carbocycles. The molecule has 134 valence electrons. The molecule has 0 unspecified atom stereocenters. The largest absolute Gasteiger partial charge is 0.497 e. The summed E-state index contributed by atoms with van der Waals surface area (Å²) < 4.78 is 7.05. The molecule has 0 bridgehead atoms. The minimum atomic E-state index is -0.874. The number of primary amides is 1. The van der Waals surface area contributed by atoms with Crippen molar-refractivity contribution in [1.29, 1.82) is 0 Å². The monoisotopic (exact) mass is 371 g/mol. The van der Waals surface area contributed by atoms with Gasteiger partial charge in [-0.1, -0.05) is 11.3 Å². The van der Waals surface area contributed by atoms with Crippen molar-refractivity contribution in [2.75, 3.05) is 7.11 Å². The number of nitrogens with two attached hydrogens (primary N) is 1. The Morgan fingerprint density at radius 2 is 1.96 bits per heavy atom. The molecule has 0 aliphatic heterocycles. The molecule has 1 amide bonds. The first-order chi connectivity index (χ1) is 12.5. The van der Waals surface area contributed by atoms with E-state index in [0.29, 0.717) is 16.4 Å². The Morgan fingerprint density at radius 1 is 1.23 bits per heavy atom. The van der Waals surface area contributed by atoms with Crippen LogP contribution in [0, 0.1) is 0 Å². The minimum absolute atomic E-state index is 0.000117. The maximum Gasteiger partial charge on any atom is 0.303 e. The molecule has 0 saturated carbocycles. The van der Waals surface area contributed by atoms with E-state index in [0.717, 1.165) is 22.7 Å². The van der Waals surface area contributed by atoms with E-state index in [2.05, 4.69) is 4.98 Å². The van der Waals surface area contributed by atoms with Gasteiger partial charge in [0, 0.05) is 5.69 Å². The van der Waals surface area contributed by atoms with Crippen molar-refractivity contribution < 1.29 is 19.4 Å². The topological polar surface area (TPSA) is 107 Å². The predicted molar refractivity (Wildman–Crippen MR) is 97.9 cm³/mol. The van der Waals surface area contributed by atoms with Crippen LogP contribution in [-0.4, -0.2) is 33.6 Å². The Kier molecular flexibility index (Phi) is 5.04. The van der Waals surface area contributed by atoms with Crippen LogP contribution >= 0.6 is 11.3 Å². The number of amides is 1. The number of carbonyl (C=O) groups excluding carboxylic acids is 1. The quantitative estimate of drug-likeness (QED) is 0.664. The number of carbonyl (C=O) groups is 2. The van der Waals surface area contributed by atoms with Gasteiger partial charge in [0.25, 0.3) is 5.91 Å². The van der Waals surface area contributed by atoms with Crippen LogP contribution in [0.1, 0.15) is 21.8 Å². The van der Waals surface area contributed by atoms with Gasteiger partial charge in [-0.2, -0.15) is 0 Å². The highest BCUT2D eigenvalue weighted by Crippen LogP contribution is 2.30. The first kappa shape index (κ1) is 17.7. The molecule has 0 atom stereocenters. The van der Waals surface area contributed by atoms with Gasteiger partial charge in [0.05, 0.1) is 25.4 Å². The standard InChI is InChI=1S/C18H17N3O4S/c1-25-13-6-2-11(3-7-13)14-8-4-12(5-9-16(22)23)21(14)18-20-10-15(26-18)17(19)24/h2-4,6-8,10H,5,9H2,1H3,(H2,19,24)(H,22,23). The Morgan fingerprint density at radius 3 is 2.54 bits per heavy atom. The van der Waals surface area contributed by atoms with Gasteiger partial charge >= 0.3 is 5.97 Å². The predicted octanol–water partition coefficient (Wildman–Crippen LogP) is 2.73. The van der Waals surface area contributed by atoms with Gasteiger partial charge in [-0.3, -0.25) is 14.2 Å². The zero-order valence-corrected chi connectivity index (χ0v) is 14.8. The summed E-state index contributed by atoms with van der Waals surface area (Å²) in [5.74, 6) is -0.678. The SMILES string of the molecule is COc1ccc(-c2ccc(CCC(=O)O)n2-c2ncc(C(N)=O)s2)cc1. The fourth-order valence-electron chi connectivity index (χ4n) is 2.60. The number of hydrogen-bond donors (Lipinski definition) is 2. The van der Waals surface area contributed by atoms with E-state index < -0.39 is 11.9 Å². The number of aryl methyl sites for hydroxylation is 1. The molecule has 26 heavy (non-hydrogen) atoms. The molecular formula is C18H17N3O4S. The van der Waals surface area contributed by atoms with Crippen molar-refractivity contribution in [2.45, 2.75) is 12.8 Å². The average molecular weight is 371 g/mol. The molecule has 1 aromatic carbocycles. The number of carboxylic acids is 1. The lowest BCUT2D eigenvalue weighted by molar-refractivity contribution is -0.136. The second kappa shape index (κ2) is 7.40. The zero-order valence-electron chi connectivity index (χ0n) is 14.0. The van der Waals surface area contributed by atoms with Crippen molar-refractivity contribution >= 4 is 23.2 Å². The number of benzene rings is 1. The molecular weight excluding hydrogens is 354 g/mol. The molecule has 2 aromatic heterocycles. The molecule has 7 nitrogen and oxygen atoms in total. The molecule has 0 radical (unpaired) electrons. The highest BCUT2D eigenvalue weighted by molar-refractivity contribution is 7.16. The maximum absolute atomic E-state index is 11.4. The van der Waals surface area contributed by atoms with Crippen LogP contribution in [0.25, 0.3) is 16.4 Å². The lowest BCUT2D eigenvalue weighted by atomic mass is 10.1. The second-order valence-electron chi connectivity index (χ2n) is 5.54. The summed E-state index contributed by atoms with van der Waals surface area (Å²) in [4.78, 5) is 27.0. The number of nitrogens with zero attached hydrogens (tertiary/aromatic N) is 2. The molecule has 2 heterocycles. The molecule has 3 aromatic rings. The van der Waals surface area contributed by atoms with E-state index in [9.17, 15) is 9.59 Å². The number of carboxylic acid groups (broad SMARTS) is 1. The fourth-order valence-corrected chi connectivity index (χ4v) is 3.42. The van der Waals surface area contributed by atoms with Crippen LogP contribution in [-0.2, 0) is 11.2 Å². The number of ether oxygens (including phenoxy) is 1. The van der Waals surface area contributed by atoms with Gasteiger partial charge in [0.15, 0.2) is 5.13 Å². The van der Waals surface area contributed by atoms with Gasteiger partial charge < -0.3 is 15.6 Å². The third kappa shape index (κ3) is 3.60. The lowest BCUT2D eigenvalue weighted by Gasteiger charge is -2.11. The van der Waals surface area contributed by atoms with Gasteiger partial charge in [-0.25, -0.2) is 4.98 Å². The van der Waals surface area contributed by atoms with E-state index in [1.807, 2.05) is 41.0 Å². The molecule has 0 saturated heterocycles. The van der Waals surface area contributed by atoms with E-state index >= 15 is 0 Å². The van der Waals surface area contributed by atoms with Gasteiger partial charge in [0.2, 0.25) is 0 Å². The number of methoxy groups -OCH3 is 1. The average Bonchev–Trinajstić information content (AvgIpc) is 3.26. The van der Waals surface area contributed by atoms with Crippen LogP contribution in [0.2, 0.25) is 0 Å². The van der Waals surface area contributed by atoms with E-state index in [-0.39, 0.29) is 6.42 Å². The molecule has 0 fully saturated rings.